The van der Waals surface area contributed by atoms with E-state index in [1.54, 1.807) is 0 Å². The van der Waals surface area contributed by atoms with Gasteiger partial charge in [-0.3, -0.25) is 6.54 Å². The van der Waals surface area contributed by atoms with Crippen LogP contribution in [0.25, 0.3) is 0 Å². The third-order valence-electron chi connectivity index (χ3n) is 1.10. The Hall–Kier alpha value is 1.73. The van der Waals surface area contributed by atoms with Crippen molar-refractivity contribution in [2.75, 3.05) is 13.1 Å². The molecule has 0 aromatic rings. The normalized spacial score (nSPS) is 28.9. The summed E-state index contributed by atoms with van der Waals surface area (Å²) in [5, 5.41) is 6.41. The molecule has 0 aromatic carbocycles. The van der Waals surface area contributed by atoms with Gasteiger partial charge >= 0.3 is 58.2 Å². The average molecular weight is 185 g/mol. The second-order valence-electron chi connectivity index (χ2n) is 1.93. The van der Waals surface area contributed by atoms with Gasteiger partial charge in [0.2, 0.25) is 0 Å². The molecular formula is C5H11N2Rb. The van der Waals surface area contributed by atoms with Crippen molar-refractivity contribution in [2.24, 2.45) is 0 Å². The quantitative estimate of drug-likeness (QED) is 0.386. The maximum Gasteiger partial charge on any atom is 1.00 e. The van der Waals surface area contributed by atoms with Gasteiger partial charge in [-0.05, 0) is 6.04 Å². The molecule has 3 heteroatoms. The van der Waals surface area contributed by atoms with Crippen molar-refractivity contribution in [2.45, 2.75) is 13.0 Å². The summed E-state index contributed by atoms with van der Waals surface area (Å²) in [4.78, 5) is 0. The van der Waals surface area contributed by atoms with Crippen LogP contribution in [0.2, 0.25) is 0 Å². The molecule has 1 aliphatic heterocycles. The average Bonchev–Trinajstić information content (AvgIpc) is 1.69. The van der Waals surface area contributed by atoms with Crippen LogP contribution in [0.15, 0.2) is 0 Å². The summed E-state index contributed by atoms with van der Waals surface area (Å²) in [5.74, 6) is 0. The van der Waals surface area contributed by atoms with E-state index in [4.69, 9.17) is 0 Å². The Morgan fingerprint density at radius 2 is 2.38 bits per heavy atom. The predicted octanol–water partition coefficient (Wildman–Crippen LogP) is -3.27. The fourth-order valence-corrected chi connectivity index (χ4v) is 0.691. The molecule has 0 unspecified atom stereocenters. The number of piperazine rings is 1. The van der Waals surface area contributed by atoms with Crippen LogP contribution in [0.4, 0.5) is 0 Å². The molecule has 2 nitrogen and oxygen atoms in total. The molecule has 1 rings (SSSR count). The SMILES string of the molecule is C[C@H]1CNC[CH-]N1.[Rb+]. The molecule has 0 radical (unpaired) electrons. The van der Waals surface area contributed by atoms with E-state index in [0.717, 1.165) is 13.1 Å². The van der Waals surface area contributed by atoms with Gasteiger partial charge in [0.15, 0.2) is 0 Å². The van der Waals surface area contributed by atoms with E-state index in [2.05, 4.69) is 17.6 Å². The van der Waals surface area contributed by atoms with Gasteiger partial charge in [0, 0.05) is 6.54 Å². The smallest absolute Gasteiger partial charge is 0.465 e. The summed E-state index contributed by atoms with van der Waals surface area (Å²) in [6.07, 6.45) is 0. The van der Waals surface area contributed by atoms with Crippen LogP contribution >= 0.6 is 0 Å². The van der Waals surface area contributed by atoms with E-state index in [0.29, 0.717) is 6.04 Å². The molecule has 8 heavy (non-hydrogen) atoms. The van der Waals surface area contributed by atoms with E-state index in [9.17, 15) is 0 Å². The molecule has 1 aliphatic rings. The van der Waals surface area contributed by atoms with Crippen molar-refractivity contribution in [1.29, 1.82) is 0 Å². The van der Waals surface area contributed by atoms with Crippen molar-refractivity contribution in [3.8, 4) is 0 Å². The molecule has 0 spiro atoms. The van der Waals surface area contributed by atoms with Crippen LogP contribution in [0, 0.1) is 6.54 Å². The standard InChI is InChI=1S/C5H11N2.Rb/c1-5-4-6-2-3-7-5;/h3,5-7H,2,4H2,1H3;/q-1;+1/t5-;/m0./s1. The Labute approximate surface area is 99.6 Å². The first-order chi connectivity index (χ1) is 3.39. The summed E-state index contributed by atoms with van der Waals surface area (Å²) in [6, 6.07) is 0.619. The Balaban J connectivity index is 0.000000490. The van der Waals surface area contributed by atoms with Gasteiger partial charge in [0.1, 0.15) is 0 Å². The number of nitrogens with one attached hydrogen (secondary N) is 2. The fourth-order valence-electron chi connectivity index (χ4n) is 0.691. The summed E-state index contributed by atoms with van der Waals surface area (Å²) in [6.45, 7) is 6.30. The Morgan fingerprint density at radius 3 is 2.62 bits per heavy atom. The van der Waals surface area contributed by atoms with Crippen molar-refractivity contribution in [1.82, 2.24) is 10.6 Å². The minimum atomic E-state index is 0. The van der Waals surface area contributed by atoms with Gasteiger partial charge < -0.3 is 10.6 Å². The molecule has 1 saturated heterocycles. The molecular weight excluding hydrogens is 174 g/mol. The van der Waals surface area contributed by atoms with Crippen molar-refractivity contribution < 1.29 is 58.2 Å². The van der Waals surface area contributed by atoms with Crippen LogP contribution in [0.1, 0.15) is 6.92 Å². The van der Waals surface area contributed by atoms with E-state index in [-0.39, 0.29) is 58.2 Å². The molecule has 0 aliphatic carbocycles. The molecule has 42 valence electrons. The largest absolute Gasteiger partial charge is 1.00 e. The zero-order valence-corrected chi connectivity index (χ0v) is 10.5. The molecule has 0 saturated carbocycles. The molecule has 1 atom stereocenters. The van der Waals surface area contributed by atoms with Crippen molar-refractivity contribution >= 4 is 0 Å². The molecule has 0 amide bonds. The molecule has 0 bridgehead atoms. The van der Waals surface area contributed by atoms with Crippen molar-refractivity contribution in [3.05, 3.63) is 6.54 Å². The van der Waals surface area contributed by atoms with Crippen LogP contribution in [-0.4, -0.2) is 19.1 Å². The van der Waals surface area contributed by atoms with E-state index < -0.39 is 0 Å². The Kier molecular flexibility index (Phi) is 6.69. The first kappa shape index (κ1) is 9.73. The van der Waals surface area contributed by atoms with E-state index in [1.165, 1.54) is 0 Å². The summed E-state index contributed by atoms with van der Waals surface area (Å²) in [5.41, 5.74) is 0. The Bertz CT molecular complexity index is 52.4. The van der Waals surface area contributed by atoms with Gasteiger partial charge in [0.25, 0.3) is 0 Å². The minimum absolute atomic E-state index is 0. The number of hydrogen-bond donors (Lipinski definition) is 2. The fraction of sp³-hybridized carbons (Fsp3) is 0.800. The predicted molar refractivity (Wildman–Crippen MR) is 29.8 cm³/mol. The maximum absolute atomic E-state index is 3.22. The zero-order valence-electron chi connectivity index (χ0n) is 5.57. The summed E-state index contributed by atoms with van der Waals surface area (Å²) < 4.78 is 0. The van der Waals surface area contributed by atoms with E-state index >= 15 is 0 Å². The van der Waals surface area contributed by atoms with Gasteiger partial charge in [-0.1, -0.05) is 6.92 Å². The van der Waals surface area contributed by atoms with Crippen molar-refractivity contribution in [3.63, 3.8) is 0 Å². The minimum Gasteiger partial charge on any atom is -0.465 e. The maximum atomic E-state index is 3.22. The second-order valence-corrected chi connectivity index (χ2v) is 1.93. The summed E-state index contributed by atoms with van der Waals surface area (Å²) >= 11 is 0. The molecule has 0 aromatic heterocycles. The van der Waals surface area contributed by atoms with Crippen LogP contribution < -0.4 is 68.8 Å². The second kappa shape index (κ2) is 5.51. The molecule has 1 heterocycles. The first-order valence-electron chi connectivity index (χ1n) is 2.68. The van der Waals surface area contributed by atoms with Gasteiger partial charge in [-0.15, -0.1) is 6.54 Å². The number of hydrogen-bond acceptors (Lipinski definition) is 2. The van der Waals surface area contributed by atoms with Crippen LogP contribution in [-0.2, 0) is 0 Å². The molecule has 1 fully saturated rings. The third-order valence-corrected chi connectivity index (χ3v) is 1.10. The Morgan fingerprint density at radius 1 is 1.62 bits per heavy atom. The topological polar surface area (TPSA) is 24.1 Å². The number of rotatable bonds is 0. The van der Waals surface area contributed by atoms with Gasteiger partial charge in [-0.25, -0.2) is 0 Å². The third kappa shape index (κ3) is 3.69. The zero-order chi connectivity index (χ0) is 5.11. The van der Waals surface area contributed by atoms with Crippen LogP contribution in [0.5, 0.6) is 0 Å². The monoisotopic (exact) mass is 184 g/mol. The molecule has 2 N–H and O–H groups in total. The first-order valence-corrected chi connectivity index (χ1v) is 2.68. The van der Waals surface area contributed by atoms with Gasteiger partial charge in [0.05, 0.1) is 0 Å². The summed E-state index contributed by atoms with van der Waals surface area (Å²) in [7, 11) is 0. The van der Waals surface area contributed by atoms with Gasteiger partial charge in [-0.2, -0.15) is 0 Å². The van der Waals surface area contributed by atoms with Crippen LogP contribution in [0.3, 0.4) is 0 Å². The van der Waals surface area contributed by atoms with E-state index in [1.807, 2.05) is 6.54 Å².